The average Bonchev–Trinajstić information content (AvgIpc) is 3.07. The van der Waals surface area contributed by atoms with Gasteiger partial charge >= 0.3 is 5.97 Å². The summed E-state index contributed by atoms with van der Waals surface area (Å²) in [5.41, 5.74) is 6.28. The summed E-state index contributed by atoms with van der Waals surface area (Å²) in [6.45, 7) is 8.28. The number of ketones is 1. The minimum Gasteiger partial charge on any atom is -0.481 e. The number of imide groups is 1. The lowest BCUT2D eigenvalue weighted by Gasteiger charge is -2.33. The van der Waals surface area contributed by atoms with E-state index < -0.39 is 5.97 Å². The Labute approximate surface area is 274 Å². The Balaban J connectivity index is 1.50. The summed E-state index contributed by atoms with van der Waals surface area (Å²) in [6.07, 6.45) is -0.306. The maximum absolute atomic E-state index is 14.4. The van der Waals surface area contributed by atoms with E-state index in [4.69, 9.17) is 5.11 Å². The van der Waals surface area contributed by atoms with E-state index in [2.05, 4.69) is 27.7 Å². The maximum Gasteiger partial charge on any atom is 0.303 e. The van der Waals surface area contributed by atoms with Gasteiger partial charge in [0.1, 0.15) is 0 Å². The molecule has 0 saturated heterocycles. The molecule has 47 heavy (non-hydrogen) atoms. The van der Waals surface area contributed by atoms with Crippen molar-refractivity contribution in [2.75, 3.05) is 9.80 Å². The number of hydrogen-bond donors (Lipinski definition) is 1. The molecule has 0 bridgehead atoms. The molecule has 236 valence electrons. The normalized spacial score (nSPS) is 12.7. The number of carbonyl (C=O) groups is 4. The number of nitrogens with zero attached hydrogens (tertiary/aromatic N) is 2. The van der Waals surface area contributed by atoms with Gasteiger partial charge in [0.05, 0.1) is 17.8 Å². The van der Waals surface area contributed by atoms with Gasteiger partial charge in [0, 0.05) is 45.3 Å². The number of hydrogen-bond acceptors (Lipinski definition) is 5. The molecule has 0 unspecified atom stereocenters. The molecule has 0 aliphatic carbocycles. The fourth-order valence-corrected chi connectivity index (χ4v) is 6.41. The molecular formula is C40H36N2O5. The van der Waals surface area contributed by atoms with Crippen molar-refractivity contribution >= 4 is 57.1 Å². The minimum atomic E-state index is -1.02. The molecule has 0 fully saturated rings. The van der Waals surface area contributed by atoms with Crippen LogP contribution in [0.25, 0.3) is 10.8 Å². The molecule has 0 saturated carbocycles. The lowest BCUT2D eigenvalue weighted by atomic mass is 9.88. The van der Waals surface area contributed by atoms with Gasteiger partial charge in [-0.3, -0.25) is 19.2 Å². The number of amides is 2. The van der Waals surface area contributed by atoms with E-state index in [-0.39, 0.29) is 42.3 Å². The lowest BCUT2D eigenvalue weighted by Crippen LogP contribution is -2.41. The lowest BCUT2D eigenvalue weighted by molar-refractivity contribution is -0.136. The first kappa shape index (κ1) is 31.4. The molecule has 2 amide bonds. The van der Waals surface area contributed by atoms with E-state index in [1.54, 1.807) is 24.3 Å². The molecule has 7 nitrogen and oxygen atoms in total. The second-order valence-electron chi connectivity index (χ2n) is 12.4. The molecule has 0 spiro atoms. The van der Waals surface area contributed by atoms with Gasteiger partial charge in [0.25, 0.3) is 11.8 Å². The number of rotatable bonds is 10. The molecule has 0 radical (unpaired) electrons. The number of carboxylic acid groups (broad SMARTS) is 1. The van der Waals surface area contributed by atoms with Crippen molar-refractivity contribution < 1.29 is 24.3 Å². The molecule has 7 heteroatoms. The highest BCUT2D eigenvalue weighted by Crippen LogP contribution is 2.44. The number of anilines is 4. The van der Waals surface area contributed by atoms with Crippen molar-refractivity contribution in [2.24, 2.45) is 0 Å². The third-order valence-electron chi connectivity index (χ3n) is 8.72. The van der Waals surface area contributed by atoms with Crippen molar-refractivity contribution in [3.8, 4) is 0 Å². The predicted octanol–water partition coefficient (Wildman–Crippen LogP) is 9.40. The predicted molar refractivity (Wildman–Crippen MR) is 186 cm³/mol. The van der Waals surface area contributed by atoms with Crippen molar-refractivity contribution in [2.45, 2.75) is 52.4 Å². The van der Waals surface area contributed by atoms with Crippen LogP contribution in [0.2, 0.25) is 0 Å². The number of aliphatic carboxylic acids is 1. The van der Waals surface area contributed by atoms with E-state index >= 15 is 0 Å². The summed E-state index contributed by atoms with van der Waals surface area (Å²) < 4.78 is 0. The molecule has 5 aromatic rings. The summed E-state index contributed by atoms with van der Waals surface area (Å²) in [7, 11) is 0. The quantitative estimate of drug-likeness (QED) is 0.123. The van der Waals surface area contributed by atoms with Crippen LogP contribution in [0.5, 0.6) is 0 Å². The highest BCUT2D eigenvalue weighted by Gasteiger charge is 2.37. The van der Waals surface area contributed by atoms with E-state index in [1.807, 2.05) is 83.8 Å². The van der Waals surface area contributed by atoms with Gasteiger partial charge < -0.3 is 10.0 Å². The second kappa shape index (κ2) is 12.7. The molecule has 0 atom stereocenters. The summed E-state index contributed by atoms with van der Waals surface area (Å²) in [5.74, 6) is -1.76. The number of Topliss-reactive ketones (excluding diaryl/α,β-unsaturated/α-hetero) is 1. The van der Waals surface area contributed by atoms with Crippen LogP contribution in [0.15, 0.2) is 103 Å². The van der Waals surface area contributed by atoms with Crippen molar-refractivity contribution in [3.05, 3.63) is 131 Å². The maximum atomic E-state index is 14.4. The minimum absolute atomic E-state index is 0.0780. The van der Waals surface area contributed by atoms with Crippen LogP contribution >= 0.6 is 0 Å². The van der Waals surface area contributed by atoms with E-state index in [1.165, 1.54) is 4.90 Å². The van der Waals surface area contributed by atoms with Crippen molar-refractivity contribution in [3.63, 3.8) is 0 Å². The Bertz CT molecular complexity index is 1980. The summed E-state index contributed by atoms with van der Waals surface area (Å²) in [6, 6.07) is 32.0. The van der Waals surface area contributed by atoms with Crippen molar-refractivity contribution in [1.29, 1.82) is 0 Å². The first-order chi connectivity index (χ1) is 22.6. The molecule has 1 aliphatic heterocycles. The summed E-state index contributed by atoms with van der Waals surface area (Å²) in [4.78, 5) is 55.8. The Hall–Kier alpha value is -5.56. The Morgan fingerprint density at radius 1 is 0.660 bits per heavy atom. The zero-order chi connectivity index (χ0) is 33.4. The van der Waals surface area contributed by atoms with Crippen LogP contribution in [0.4, 0.5) is 22.7 Å². The van der Waals surface area contributed by atoms with E-state index in [0.717, 1.165) is 33.6 Å². The van der Waals surface area contributed by atoms with Gasteiger partial charge in [-0.05, 0) is 77.6 Å². The standard InChI is InChI=1S/C40H36N2O5/c1-24(2)29-12-8-13-30(25(3)4)38(29)42-39(46)32-15-9-14-31-34(21-20-33(37(31)32)40(42)47)41(27-10-6-5-7-11-27)28-18-16-26(17-19-28)35(43)22-23-36(44)45/h5-21,24-25H,22-23H2,1-4H3,(H,44,45). The number of benzene rings is 5. The van der Waals surface area contributed by atoms with Gasteiger partial charge in [0.15, 0.2) is 5.78 Å². The average molecular weight is 625 g/mol. The fourth-order valence-electron chi connectivity index (χ4n) is 6.41. The largest absolute Gasteiger partial charge is 0.481 e. The van der Waals surface area contributed by atoms with Gasteiger partial charge in [-0.25, -0.2) is 4.90 Å². The number of carbonyl (C=O) groups excluding carboxylic acids is 3. The van der Waals surface area contributed by atoms with Crippen LogP contribution < -0.4 is 9.80 Å². The molecule has 1 aliphatic rings. The molecule has 0 aromatic heterocycles. The molecule has 1 heterocycles. The van der Waals surface area contributed by atoms with Gasteiger partial charge in [0.2, 0.25) is 0 Å². The highest BCUT2D eigenvalue weighted by atomic mass is 16.4. The summed E-state index contributed by atoms with van der Waals surface area (Å²) in [5, 5.41) is 10.3. The third-order valence-corrected chi connectivity index (χ3v) is 8.72. The molecular weight excluding hydrogens is 588 g/mol. The number of carboxylic acids is 1. The van der Waals surface area contributed by atoms with Crippen LogP contribution in [0.1, 0.15) is 94.6 Å². The SMILES string of the molecule is CC(C)c1cccc(C(C)C)c1N1C(=O)c2cccc3c(N(c4ccccc4)c4ccc(C(=O)CCC(=O)O)cc4)ccc(c23)C1=O. The Morgan fingerprint density at radius 3 is 1.83 bits per heavy atom. The second-order valence-corrected chi connectivity index (χ2v) is 12.4. The number of para-hydroxylation sites is 2. The zero-order valence-electron chi connectivity index (χ0n) is 26.9. The smallest absolute Gasteiger partial charge is 0.303 e. The van der Waals surface area contributed by atoms with Gasteiger partial charge in [-0.15, -0.1) is 0 Å². The van der Waals surface area contributed by atoms with Crippen LogP contribution in [-0.4, -0.2) is 28.7 Å². The van der Waals surface area contributed by atoms with E-state index in [9.17, 15) is 19.2 Å². The Morgan fingerprint density at radius 2 is 1.23 bits per heavy atom. The highest BCUT2D eigenvalue weighted by molar-refractivity contribution is 6.37. The topological polar surface area (TPSA) is 95.0 Å². The monoisotopic (exact) mass is 624 g/mol. The molecule has 1 N–H and O–H groups in total. The van der Waals surface area contributed by atoms with Crippen LogP contribution in [-0.2, 0) is 4.79 Å². The first-order valence-electron chi connectivity index (χ1n) is 15.9. The zero-order valence-corrected chi connectivity index (χ0v) is 26.9. The Kier molecular flexibility index (Phi) is 8.48. The fraction of sp³-hybridized carbons (Fsp3) is 0.200. The summed E-state index contributed by atoms with van der Waals surface area (Å²) >= 11 is 0. The first-order valence-corrected chi connectivity index (χ1v) is 15.9. The van der Waals surface area contributed by atoms with Crippen LogP contribution in [0.3, 0.4) is 0 Å². The van der Waals surface area contributed by atoms with Gasteiger partial charge in [-0.2, -0.15) is 0 Å². The van der Waals surface area contributed by atoms with E-state index in [0.29, 0.717) is 27.8 Å². The third kappa shape index (κ3) is 5.69. The van der Waals surface area contributed by atoms with Crippen LogP contribution in [0, 0.1) is 0 Å². The van der Waals surface area contributed by atoms with Crippen molar-refractivity contribution in [1.82, 2.24) is 0 Å². The molecule has 5 aromatic carbocycles. The van der Waals surface area contributed by atoms with Gasteiger partial charge in [-0.1, -0.05) is 76.2 Å². The molecule has 6 rings (SSSR count).